The first-order valence-electron chi connectivity index (χ1n) is 12.5. The van der Waals surface area contributed by atoms with Crippen molar-refractivity contribution in [2.24, 2.45) is 0 Å². The molecule has 3 aromatic heterocycles. The molecular formula is C28H28N6O3S. The highest BCUT2D eigenvalue weighted by Gasteiger charge is 2.30. The summed E-state index contributed by atoms with van der Waals surface area (Å²) >= 11 is 1.54. The summed E-state index contributed by atoms with van der Waals surface area (Å²) in [6.07, 6.45) is 1.65. The van der Waals surface area contributed by atoms with Crippen LogP contribution in [-0.2, 0) is 6.54 Å². The van der Waals surface area contributed by atoms with Crippen LogP contribution in [0.2, 0.25) is 0 Å². The van der Waals surface area contributed by atoms with Gasteiger partial charge in [0.2, 0.25) is 0 Å². The van der Waals surface area contributed by atoms with Crippen molar-refractivity contribution in [3.05, 3.63) is 58.2 Å². The van der Waals surface area contributed by atoms with Crippen molar-refractivity contribution in [2.75, 3.05) is 20.2 Å². The third-order valence-corrected chi connectivity index (χ3v) is 7.96. The van der Waals surface area contributed by atoms with Crippen LogP contribution in [0.3, 0.4) is 0 Å². The predicted molar refractivity (Wildman–Crippen MR) is 144 cm³/mol. The van der Waals surface area contributed by atoms with E-state index in [1.165, 1.54) is 18.4 Å². The molecule has 0 unspecified atom stereocenters. The van der Waals surface area contributed by atoms with Gasteiger partial charge in [0.25, 0.3) is 5.91 Å². The molecule has 4 aromatic rings. The van der Waals surface area contributed by atoms with Gasteiger partial charge in [0.1, 0.15) is 29.3 Å². The normalized spacial score (nSPS) is 14.5. The molecule has 10 heteroatoms. The van der Waals surface area contributed by atoms with Gasteiger partial charge in [-0.05, 0) is 50.3 Å². The van der Waals surface area contributed by atoms with E-state index >= 15 is 0 Å². The van der Waals surface area contributed by atoms with Gasteiger partial charge in [0, 0.05) is 31.2 Å². The minimum absolute atomic E-state index is 0.00896. The van der Waals surface area contributed by atoms with Crippen LogP contribution in [0.15, 0.2) is 40.2 Å². The second-order valence-electron chi connectivity index (χ2n) is 9.61. The molecule has 1 aromatic carbocycles. The molecule has 0 saturated carbocycles. The topological polar surface area (TPSA) is 120 Å². The Balaban J connectivity index is 1.58. The quantitative estimate of drug-likeness (QED) is 0.367. The summed E-state index contributed by atoms with van der Waals surface area (Å²) in [4.78, 5) is 17.1. The van der Waals surface area contributed by atoms with Crippen LogP contribution >= 0.6 is 11.3 Å². The van der Waals surface area contributed by atoms with Gasteiger partial charge >= 0.3 is 0 Å². The average molecular weight is 529 g/mol. The van der Waals surface area contributed by atoms with E-state index in [0.717, 1.165) is 30.8 Å². The Bertz CT molecular complexity index is 1550. The first kappa shape index (κ1) is 25.5. The van der Waals surface area contributed by atoms with Crippen LogP contribution in [0.1, 0.15) is 54.0 Å². The van der Waals surface area contributed by atoms with Gasteiger partial charge in [0.15, 0.2) is 5.76 Å². The van der Waals surface area contributed by atoms with Gasteiger partial charge in [-0.15, -0.1) is 11.3 Å². The van der Waals surface area contributed by atoms with E-state index in [2.05, 4.69) is 41.4 Å². The second-order valence-corrected chi connectivity index (χ2v) is 10.6. The van der Waals surface area contributed by atoms with E-state index in [4.69, 9.17) is 9.26 Å². The van der Waals surface area contributed by atoms with E-state index in [9.17, 15) is 15.3 Å². The number of ether oxygens (including phenoxy) is 1. The Kier molecular flexibility index (Phi) is 7.19. The summed E-state index contributed by atoms with van der Waals surface area (Å²) in [5, 5.41) is 29.9. The number of amides is 1. The fourth-order valence-electron chi connectivity index (χ4n) is 5.12. The SMILES string of the molecule is COc1ccc(C#N)c2c1c(C#N)c(C(=O)NC1CCN(C(C)C)CC1)n2Cc1cc(-c2cccs2)on1. The zero-order chi connectivity index (χ0) is 26.8. The van der Waals surface area contributed by atoms with Gasteiger partial charge in [-0.25, -0.2) is 0 Å². The molecule has 0 bridgehead atoms. The van der Waals surface area contributed by atoms with Crippen molar-refractivity contribution >= 4 is 28.1 Å². The number of likely N-dealkylation sites (tertiary alicyclic amines) is 1. The highest BCUT2D eigenvalue weighted by atomic mass is 32.1. The van der Waals surface area contributed by atoms with Gasteiger partial charge in [-0.3, -0.25) is 4.79 Å². The first-order chi connectivity index (χ1) is 18.4. The van der Waals surface area contributed by atoms with E-state index in [-0.39, 0.29) is 29.8 Å². The fourth-order valence-corrected chi connectivity index (χ4v) is 5.79. The molecule has 0 atom stereocenters. The molecule has 9 nitrogen and oxygen atoms in total. The van der Waals surface area contributed by atoms with Gasteiger partial charge in [0.05, 0.1) is 40.6 Å². The van der Waals surface area contributed by atoms with Crippen LogP contribution in [-0.4, -0.2) is 52.8 Å². The molecule has 0 spiro atoms. The molecule has 4 heterocycles. The Hall–Kier alpha value is -4.12. The first-order valence-corrected chi connectivity index (χ1v) is 13.4. The fraction of sp³-hybridized carbons (Fsp3) is 0.357. The Morgan fingerprint density at radius 3 is 2.68 bits per heavy atom. The molecule has 1 amide bonds. The van der Waals surface area contributed by atoms with E-state index in [0.29, 0.717) is 39.7 Å². The number of carbonyl (C=O) groups excluding carboxylic acids is 1. The highest BCUT2D eigenvalue weighted by Crippen LogP contribution is 2.37. The largest absolute Gasteiger partial charge is 0.496 e. The Labute approximate surface area is 224 Å². The zero-order valence-corrected chi connectivity index (χ0v) is 22.3. The number of carbonyl (C=O) groups is 1. The summed E-state index contributed by atoms with van der Waals surface area (Å²) in [6, 6.07) is 13.9. The second kappa shape index (κ2) is 10.7. The van der Waals surface area contributed by atoms with E-state index < -0.39 is 0 Å². The number of methoxy groups -OCH3 is 1. The van der Waals surface area contributed by atoms with Crippen LogP contribution in [0.25, 0.3) is 21.5 Å². The minimum Gasteiger partial charge on any atom is -0.496 e. The highest BCUT2D eigenvalue weighted by molar-refractivity contribution is 7.13. The molecule has 1 aliphatic heterocycles. The Morgan fingerprint density at radius 2 is 2.05 bits per heavy atom. The smallest absolute Gasteiger partial charge is 0.269 e. The molecule has 1 aliphatic rings. The van der Waals surface area contributed by atoms with Crippen molar-refractivity contribution in [2.45, 2.75) is 45.3 Å². The molecular weight excluding hydrogens is 500 g/mol. The molecule has 0 aliphatic carbocycles. The number of thiophene rings is 1. The van der Waals surface area contributed by atoms with Gasteiger partial charge < -0.3 is 24.0 Å². The van der Waals surface area contributed by atoms with Gasteiger partial charge in [-0.1, -0.05) is 11.2 Å². The molecule has 194 valence electrons. The third kappa shape index (κ3) is 4.65. The summed E-state index contributed by atoms with van der Waals surface area (Å²) < 4.78 is 12.8. The van der Waals surface area contributed by atoms with Crippen molar-refractivity contribution < 1.29 is 14.1 Å². The summed E-state index contributed by atoms with van der Waals surface area (Å²) in [6.45, 7) is 6.28. The molecule has 1 fully saturated rings. The summed E-state index contributed by atoms with van der Waals surface area (Å²) in [5.74, 6) is 0.689. The maximum absolute atomic E-state index is 13.8. The molecule has 1 saturated heterocycles. The van der Waals surface area contributed by atoms with Crippen molar-refractivity contribution in [1.82, 2.24) is 19.9 Å². The number of benzene rings is 1. The summed E-state index contributed by atoms with van der Waals surface area (Å²) in [5.41, 5.74) is 1.73. The number of piperidine rings is 1. The minimum atomic E-state index is -0.353. The number of rotatable bonds is 7. The maximum atomic E-state index is 13.8. The zero-order valence-electron chi connectivity index (χ0n) is 21.5. The monoisotopic (exact) mass is 528 g/mol. The standard InChI is InChI=1S/C28H28N6O3S/c1-17(2)33-10-8-19(9-11-33)31-28(35)27-21(15-30)25-22(36-3)7-6-18(14-29)26(25)34(27)16-20-13-23(37-32-20)24-5-4-12-38-24/h4-7,12-13,17,19H,8-11,16H2,1-3H3,(H,31,35). The lowest BCUT2D eigenvalue weighted by atomic mass is 10.0. The number of hydrogen-bond donors (Lipinski definition) is 1. The number of nitrogens with one attached hydrogen (secondary N) is 1. The van der Waals surface area contributed by atoms with Crippen LogP contribution < -0.4 is 10.1 Å². The van der Waals surface area contributed by atoms with E-state index in [1.807, 2.05) is 23.6 Å². The van der Waals surface area contributed by atoms with E-state index in [1.54, 1.807) is 16.7 Å². The van der Waals surface area contributed by atoms with Gasteiger partial charge in [-0.2, -0.15) is 10.5 Å². The van der Waals surface area contributed by atoms with Crippen LogP contribution in [0.4, 0.5) is 0 Å². The lowest BCUT2D eigenvalue weighted by molar-refractivity contribution is 0.0892. The maximum Gasteiger partial charge on any atom is 0.269 e. The average Bonchev–Trinajstić information content (AvgIpc) is 3.68. The van der Waals surface area contributed by atoms with Crippen molar-refractivity contribution in [1.29, 1.82) is 10.5 Å². The molecule has 5 rings (SSSR count). The predicted octanol–water partition coefficient (Wildman–Crippen LogP) is 4.76. The number of nitriles is 2. The molecule has 38 heavy (non-hydrogen) atoms. The van der Waals surface area contributed by atoms with Crippen molar-refractivity contribution in [3.63, 3.8) is 0 Å². The number of aromatic nitrogens is 2. The third-order valence-electron chi connectivity index (χ3n) is 7.07. The van der Waals surface area contributed by atoms with Crippen LogP contribution in [0.5, 0.6) is 5.75 Å². The number of fused-ring (bicyclic) bond motifs is 1. The summed E-state index contributed by atoms with van der Waals surface area (Å²) in [7, 11) is 1.51. The van der Waals surface area contributed by atoms with Crippen molar-refractivity contribution in [3.8, 4) is 28.5 Å². The molecule has 1 N–H and O–H groups in total. The Morgan fingerprint density at radius 1 is 1.26 bits per heavy atom. The number of nitrogens with zero attached hydrogens (tertiary/aromatic N) is 5. The lowest BCUT2D eigenvalue weighted by Crippen LogP contribution is -2.47. The molecule has 0 radical (unpaired) electrons. The van der Waals surface area contributed by atoms with Crippen LogP contribution in [0, 0.1) is 22.7 Å². The lowest BCUT2D eigenvalue weighted by Gasteiger charge is -2.34. The number of hydrogen-bond acceptors (Lipinski definition) is 8.